The first-order chi connectivity index (χ1) is 13.8. The Bertz CT molecular complexity index is 1200. The molecule has 2 aromatic carbocycles. The first-order valence-electron chi connectivity index (χ1n) is 8.75. The summed E-state index contributed by atoms with van der Waals surface area (Å²) in [5, 5.41) is 13.9. The van der Waals surface area contributed by atoms with Crippen molar-refractivity contribution in [2.75, 3.05) is 12.4 Å². The van der Waals surface area contributed by atoms with Gasteiger partial charge in [-0.15, -0.1) is 0 Å². The van der Waals surface area contributed by atoms with Crippen LogP contribution in [-0.4, -0.2) is 26.6 Å². The van der Waals surface area contributed by atoms with Gasteiger partial charge in [-0.3, -0.25) is 4.40 Å². The minimum absolute atomic E-state index is 0.0731. The monoisotopic (exact) mass is 402 g/mol. The number of aromatic hydroxyl groups is 1. The quantitative estimate of drug-likeness (QED) is 0.514. The summed E-state index contributed by atoms with van der Waals surface area (Å²) in [6.45, 7) is 1.74. The van der Waals surface area contributed by atoms with E-state index in [1.807, 2.05) is 0 Å². The van der Waals surface area contributed by atoms with E-state index in [0.717, 1.165) is 12.1 Å². The van der Waals surface area contributed by atoms with Crippen molar-refractivity contribution in [2.45, 2.75) is 19.1 Å². The Balaban J connectivity index is 1.80. The van der Waals surface area contributed by atoms with E-state index in [1.54, 1.807) is 35.9 Å². The Morgan fingerprint density at radius 1 is 1.21 bits per heavy atom. The summed E-state index contributed by atoms with van der Waals surface area (Å²) in [6, 6.07) is 7.80. The van der Waals surface area contributed by atoms with Gasteiger partial charge in [-0.25, -0.2) is 4.98 Å². The Morgan fingerprint density at radius 2 is 2.00 bits per heavy atom. The number of rotatable bonds is 4. The summed E-state index contributed by atoms with van der Waals surface area (Å²) >= 11 is 0. The number of alkyl halides is 3. The SMILES string of the molecule is COc1cc2c(cc1O)c(N[C@H](C)c1cccc(C(F)(F)F)c1)nc1nccn12. The van der Waals surface area contributed by atoms with Crippen LogP contribution in [0.4, 0.5) is 19.0 Å². The number of nitrogens with zero attached hydrogens (tertiary/aromatic N) is 3. The summed E-state index contributed by atoms with van der Waals surface area (Å²) in [5.74, 6) is 1.01. The average molecular weight is 402 g/mol. The molecule has 0 saturated carbocycles. The van der Waals surface area contributed by atoms with Crippen LogP contribution in [0.1, 0.15) is 24.1 Å². The van der Waals surface area contributed by atoms with Gasteiger partial charge in [0.1, 0.15) is 5.82 Å². The molecule has 4 aromatic rings. The molecule has 0 saturated heterocycles. The van der Waals surface area contributed by atoms with Gasteiger partial charge in [0.15, 0.2) is 11.5 Å². The minimum atomic E-state index is -4.42. The first kappa shape index (κ1) is 18.9. The van der Waals surface area contributed by atoms with Gasteiger partial charge in [-0.2, -0.15) is 18.2 Å². The summed E-state index contributed by atoms with van der Waals surface area (Å²) < 4.78 is 46.0. The normalized spacial score (nSPS) is 13.0. The van der Waals surface area contributed by atoms with E-state index in [0.29, 0.717) is 28.1 Å². The van der Waals surface area contributed by atoms with Crippen molar-refractivity contribution >= 4 is 22.5 Å². The van der Waals surface area contributed by atoms with E-state index in [1.165, 1.54) is 19.2 Å². The molecule has 0 unspecified atom stereocenters. The fourth-order valence-corrected chi connectivity index (χ4v) is 3.22. The van der Waals surface area contributed by atoms with Crippen LogP contribution in [0.3, 0.4) is 0 Å². The maximum Gasteiger partial charge on any atom is 0.416 e. The van der Waals surface area contributed by atoms with Crippen molar-refractivity contribution in [1.82, 2.24) is 14.4 Å². The van der Waals surface area contributed by atoms with Crippen LogP contribution in [0.15, 0.2) is 48.8 Å². The van der Waals surface area contributed by atoms with E-state index in [4.69, 9.17) is 4.74 Å². The highest BCUT2D eigenvalue weighted by atomic mass is 19.4. The second-order valence-corrected chi connectivity index (χ2v) is 6.59. The molecule has 1 atom stereocenters. The van der Waals surface area contributed by atoms with Crippen LogP contribution in [0, 0.1) is 0 Å². The van der Waals surface area contributed by atoms with Gasteiger partial charge in [0.25, 0.3) is 0 Å². The summed E-state index contributed by atoms with van der Waals surface area (Å²) in [6.07, 6.45) is -1.11. The Hall–Kier alpha value is -3.49. The van der Waals surface area contributed by atoms with E-state index in [9.17, 15) is 18.3 Å². The maximum absolute atomic E-state index is 13.0. The number of nitrogens with one attached hydrogen (secondary N) is 1. The molecule has 0 radical (unpaired) electrons. The largest absolute Gasteiger partial charge is 0.504 e. The highest BCUT2D eigenvalue weighted by molar-refractivity contribution is 5.93. The molecule has 0 amide bonds. The number of aromatic nitrogens is 3. The molecule has 150 valence electrons. The Morgan fingerprint density at radius 3 is 2.72 bits per heavy atom. The van der Waals surface area contributed by atoms with Crippen LogP contribution in [0.2, 0.25) is 0 Å². The molecule has 2 aromatic heterocycles. The lowest BCUT2D eigenvalue weighted by Crippen LogP contribution is -2.12. The van der Waals surface area contributed by atoms with Crippen LogP contribution >= 0.6 is 0 Å². The van der Waals surface area contributed by atoms with E-state index >= 15 is 0 Å². The first-order valence-corrected chi connectivity index (χ1v) is 8.75. The van der Waals surface area contributed by atoms with Gasteiger partial charge in [-0.1, -0.05) is 12.1 Å². The van der Waals surface area contributed by atoms with Crippen molar-refractivity contribution in [1.29, 1.82) is 0 Å². The van der Waals surface area contributed by atoms with Gasteiger partial charge < -0.3 is 15.2 Å². The molecule has 0 aliphatic carbocycles. The number of imidazole rings is 1. The zero-order valence-corrected chi connectivity index (χ0v) is 15.5. The predicted molar refractivity (Wildman–Crippen MR) is 102 cm³/mol. The van der Waals surface area contributed by atoms with Gasteiger partial charge in [0.2, 0.25) is 5.78 Å². The van der Waals surface area contributed by atoms with Crippen molar-refractivity contribution in [3.05, 3.63) is 59.9 Å². The fraction of sp³-hybridized carbons (Fsp3) is 0.200. The third kappa shape index (κ3) is 3.39. The molecule has 0 fully saturated rings. The molecule has 6 nitrogen and oxygen atoms in total. The lowest BCUT2D eigenvalue weighted by Gasteiger charge is -2.19. The van der Waals surface area contributed by atoms with Crippen LogP contribution in [0.5, 0.6) is 11.5 Å². The number of benzene rings is 2. The molecule has 2 N–H and O–H groups in total. The maximum atomic E-state index is 13.0. The molecular formula is C20H17F3N4O2. The Labute approximate surface area is 163 Å². The number of anilines is 1. The topological polar surface area (TPSA) is 71.7 Å². The van der Waals surface area contributed by atoms with Crippen LogP contribution in [0.25, 0.3) is 16.7 Å². The number of halogens is 3. The standard InChI is InChI=1S/C20H17F3N4O2/c1-11(12-4-3-5-13(8-12)20(21,22)23)25-18-14-9-16(28)17(29-2)10-15(14)27-7-6-24-19(27)26-18/h3-11,28H,1-2H3,(H,24,25,26)/t11-/m1/s1. The number of phenols is 1. The molecule has 29 heavy (non-hydrogen) atoms. The summed E-state index contributed by atoms with van der Waals surface area (Å²) in [7, 11) is 1.45. The van der Waals surface area contributed by atoms with Crippen LogP contribution < -0.4 is 10.1 Å². The van der Waals surface area contributed by atoms with Crippen LogP contribution in [-0.2, 0) is 6.18 Å². The van der Waals surface area contributed by atoms with Crippen molar-refractivity contribution in [2.24, 2.45) is 0 Å². The molecule has 0 spiro atoms. The molecule has 0 aliphatic rings. The third-order valence-corrected chi connectivity index (χ3v) is 4.71. The fourth-order valence-electron chi connectivity index (χ4n) is 3.22. The van der Waals surface area contributed by atoms with E-state index < -0.39 is 17.8 Å². The molecule has 0 aliphatic heterocycles. The minimum Gasteiger partial charge on any atom is -0.504 e. The molecular weight excluding hydrogens is 385 g/mol. The summed E-state index contributed by atoms with van der Waals surface area (Å²) in [4.78, 5) is 8.66. The summed E-state index contributed by atoms with van der Waals surface area (Å²) in [5.41, 5.74) is 0.421. The number of fused-ring (bicyclic) bond motifs is 3. The number of methoxy groups -OCH3 is 1. The van der Waals surface area contributed by atoms with Crippen molar-refractivity contribution in [3.63, 3.8) is 0 Å². The van der Waals surface area contributed by atoms with Gasteiger partial charge >= 0.3 is 6.18 Å². The molecule has 9 heteroatoms. The number of hydrogen-bond acceptors (Lipinski definition) is 5. The zero-order chi connectivity index (χ0) is 20.8. The van der Waals surface area contributed by atoms with Crippen molar-refractivity contribution in [3.8, 4) is 11.5 Å². The van der Waals surface area contributed by atoms with E-state index in [-0.39, 0.29) is 11.5 Å². The molecule has 0 bridgehead atoms. The predicted octanol–water partition coefficient (Wildman–Crippen LogP) is 4.79. The Kier molecular flexibility index (Phi) is 4.45. The smallest absolute Gasteiger partial charge is 0.416 e. The lowest BCUT2D eigenvalue weighted by molar-refractivity contribution is -0.137. The van der Waals surface area contributed by atoms with Gasteiger partial charge in [-0.05, 0) is 30.7 Å². The molecule has 4 rings (SSSR count). The van der Waals surface area contributed by atoms with Gasteiger partial charge in [0, 0.05) is 29.9 Å². The second-order valence-electron chi connectivity index (χ2n) is 6.59. The van der Waals surface area contributed by atoms with E-state index in [2.05, 4.69) is 15.3 Å². The van der Waals surface area contributed by atoms with Crippen molar-refractivity contribution < 1.29 is 23.0 Å². The highest BCUT2D eigenvalue weighted by Gasteiger charge is 2.30. The average Bonchev–Trinajstić information content (AvgIpc) is 3.15. The third-order valence-electron chi connectivity index (χ3n) is 4.71. The molecule has 2 heterocycles. The number of ether oxygens (including phenoxy) is 1. The second kappa shape index (κ2) is 6.84. The van der Waals surface area contributed by atoms with Gasteiger partial charge in [0.05, 0.1) is 18.2 Å². The lowest BCUT2D eigenvalue weighted by atomic mass is 10.0. The zero-order valence-electron chi connectivity index (χ0n) is 15.5. The highest BCUT2D eigenvalue weighted by Crippen LogP contribution is 2.36. The number of hydrogen-bond donors (Lipinski definition) is 2. The number of phenolic OH excluding ortho intramolecular Hbond substituents is 1.